The molecule has 0 radical (unpaired) electrons. The summed E-state index contributed by atoms with van der Waals surface area (Å²) in [5.74, 6) is 0.680. The van der Waals surface area contributed by atoms with Crippen molar-refractivity contribution in [2.45, 2.75) is 39.7 Å². The molecular formula is C9H18ClNO. The Morgan fingerprint density at radius 1 is 1.33 bits per heavy atom. The summed E-state index contributed by atoms with van der Waals surface area (Å²) in [6.07, 6.45) is 2.17. The molecule has 12 heavy (non-hydrogen) atoms. The highest BCUT2D eigenvalue weighted by Crippen LogP contribution is 2.06. The number of halogens is 1. The van der Waals surface area contributed by atoms with Gasteiger partial charge in [0.05, 0.1) is 0 Å². The average molecular weight is 192 g/mol. The van der Waals surface area contributed by atoms with Crippen LogP contribution < -0.4 is 5.32 Å². The first-order valence-corrected chi connectivity index (χ1v) is 4.95. The molecule has 0 spiro atoms. The van der Waals surface area contributed by atoms with Gasteiger partial charge in [-0.1, -0.05) is 13.8 Å². The lowest BCUT2D eigenvalue weighted by atomic mass is 10.0. The Morgan fingerprint density at radius 3 is 2.33 bits per heavy atom. The van der Waals surface area contributed by atoms with E-state index >= 15 is 0 Å². The van der Waals surface area contributed by atoms with Gasteiger partial charge in [-0.15, -0.1) is 11.6 Å². The van der Waals surface area contributed by atoms with Crippen LogP contribution in [0.25, 0.3) is 0 Å². The van der Waals surface area contributed by atoms with Crippen molar-refractivity contribution in [2.75, 3.05) is 5.88 Å². The van der Waals surface area contributed by atoms with Gasteiger partial charge in [0.2, 0.25) is 5.91 Å². The zero-order valence-electron chi connectivity index (χ0n) is 8.06. The largest absolute Gasteiger partial charge is 0.353 e. The molecule has 1 N–H and O–H groups in total. The number of nitrogens with one attached hydrogen (secondary N) is 1. The minimum absolute atomic E-state index is 0.0615. The fourth-order valence-electron chi connectivity index (χ4n) is 0.969. The molecule has 0 bridgehead atoms. The highest BCUT2D eigenvalue weighted by Gasteiger charge is 2.06. The molecule has 1 atom stereocenters. The predicted molar refractivity (Wildman–Crippen MR) is 52.4 cm³/mol. The zero-order valence-corrected chi connectivity index (χ0v) is 8.82. The molecular weight excluding hydrogens is 174 g/mol. The summed E-state index contributed by atoms with van der Waals surface area (Å²) in [5.41, 5.74) is 0. The number of hydrogen-bond donors (Lipinski definition) is 1. The van der Waals surface area contributed by atoms with Crippen molar-refractivity contribution in [1.82, 2.24) is 5.32 Å². The summed E-state index contributed by atoms with van der Waals surface area (Å²) >= 11 is 5.35. The van der Waals surface area contributed by atoms with Gasteiger partial charge in [-0.2, -0.15) is 0 Å². The minimum Gasteiger partial charge on any atom is -0.353 e. The average Bonchev–Trinajstić information content (AvgIpc) is 2.00. The van der Waals surface area contributed by atoms with Gasteiger partial charge in [0.1, 0.15) is 5.88 Å². The van der Waals surface area contributed by atoms with E-state index < -0.39 is 0 Å². The van der Waals surface area contributed by atoms with E-state index in [1.54, 1.807) is 0 Å². The number of rotatable bonds is 5. The lowest BCUT2D eigenvalue weighted by molar-refractivity contribution is -0.119. The summed E-state index contributed by atoms with van der Waals surface area (Å²) < 4.78 is 0. The van der Waals surface area contributed by atoms with E-state index in [9.17, 15) is 4.79 Å². The van der Waals surface area contributed by atoms with E-state index in [-0.39, 0.29) is 17.8 Å². The fraction of sp³-hybridized carbons (Fsp3) is 0.889. The summed E-state index contributed by atoms with van der Waals surface area (Å²) in [6.45, 7) is 6.36. The van der Waals surface area contributed by atoms with Gasteiger partial charge >= 0.3 is 0 Å². The molecule has 1 amide bonds. The SMILES string of the molecule is CC(C)CCC(C)NC(=O)CCl. The third-order valence-corrected chi connectivity index (χ3v) is 1.95. The van der Waals surface area contributed by atoms with Crippen LogP contribution in [-0.2, 0) is 4.79 Å². The van der Waals surface area contributed by atoms with Gasteiger partial charge in [0.25, 0.3) is 0 Å². The van der Waals surface area contributed by atoms with E-state index in [0.29, 0.717) is 5.92 Å². The summed E-state index contributed by atoms with van der Waals surface area (Å²) in [6, 6.07) is 0.249. The van der Waals surface area contributed by atoms with Crippen LogP contribution in [0, 0.1) is 5.92 Å². The van der Waals surface area contributed by atoms with E-state index in [1.807, 2.05) is 6.92 Å². The van der Waals surface area contributed by atoms with Crippen molar-refractivity contribution < 1.29 is 4.79 Å². The number of amides is 1. The molecule has 0 aliphatic heterocycles. The van der Waals surface area contributed by atoms with Gasteiger partial charge < -0.3 is 5.32 Å². The summed E-state index contributed by atoms with van der Waals surface area (Å²) in [5, 5.41) is 2.81. The van der Waals surface area contributed by atoms with Crippen LogP contribution in [0.1, 0.15) is 33.6 Å². The molecule has 0 saturated carbocycles. The molecule has 72 valence electrons. The van der Waals surface area contributed by atoms with E-state index in [2.05, 4.69) is 19.2 Å². The molecule has 0 aromatic carbocycles. The van der Waals surface area contributed by atoms with Gasteiger partial charge in [-0.05, 0) is 25.7 Å². The van der Waals surface area contributed by atoms with Crippen molar-refractivity contribution in [1.29, 1.82) is 0 Å². The standard InChI is InChI=1S/C9H18ClNO/c1-7(2)4-5-8(3)11-9(12)6-10/h7-8H,4-6H2,1-3H3,(H,11,12). The molecule has 0 aromatic heterocycles. The molecule has 0 aliphatic carbocycles. The second-order valence-corrected chi connectivity index (χ2v) is 3.84. The summed E-state index contributed by atoms with van der Waals surface area (Å²) in [7, 11) is 0. The lowest BCUT2D eigenvalue weighted by Gasteiger charge is -2.13. The minimum atomic E-state index is -0.0760. The number of hydrogen-bond acceptors (Lipinski definition) is 1. The van der Waals surface area contributed by atoms with Crippen LogP contribution in [0.3, 0.4) is 0 Å². The van der Waals surface area contributed by atoms with Gasteiger partial charge in [0, 0.05) is 6.04 Å². The molecule has 1 unspecified atom stereocenters. The smallest absolute Gasteiger partial charge is 0.235 e. The second kappa shape index (κ2) is 6.30. The number of alkyl halides is 1. The first-order chi connectivity index (χ1) is 5.56. The Balaban J connectivity index is 3.45. The first-order valence-electron chi connectivity index (χ1n) is 4.41. The molecule has 0 rings (SSSR count). The highest BCUT2D eigenvalue weighted by atomic mass is 35.5. The molecule has 2 nitrogen and oxygen atoms in total. The fourth-order valence-corrected chi connectivity index (χ4v) is 1.05. The molecule has 0 aromatic rings. The Morgan fingerprint density at radius 2 is 1.92 bits per heavy atom. The molecule has 0 fully saturated rings. The zero-order chi connectivity index (χ0) is 9.56. The third kappa shape index (κ3) is 6.47. The Bertz CT molecular complexity index is 136. The Kier molecular flexibility index (Phi) is 6.17. The maximum Gasteiger partial charge on any atom is 0.235 e. The highest BCUT2D eigenvalue weighted by molar-refractivity contribution is 6.27. The lowest BCUT2D eigenvalue weighted by Crippen LogP contribution is -2.33. The molecule has 3 heteroatoms. The van der Waals surface area contributed by atoms with Crippen LogP contribution in [0.15, 0.2) is 0 Å². The molecule has 0 heterocycles. The van der Waals surface area contributed by atoms with Gasteiger partial charge in [-0.3, -0.25) is 4.79 Å². The van der Waals surface area contributed by atoms with Crippen molar-refractivity contribution in [3.63, 3.8) is 0 Å². The Hall–Kier alpha value is -0.240. The van der Waals surface area contributed by atoms with E-state index in [1.165, 1.54) is 0 Å². The topological polar surface area (TPSA) is 29.1 Å². The van der Waals surface area contributed by atoms with Crippen LogP contribution in [0.5, 0.6) is 0 Å². The number of carbonyl (C=O) groups is 1. The second-order valence-electron chi connectivity index (χ2n) is 3.57. The Labute approximate surface area is 79.7 Å². The van der Waals surface area contributed by atoms with Crippen molar-refractivity contribution >= 4 is 17.5 Å². The number of carbonyl (C=O) groups excluding carboxylic acids is 1. The quantitative estimate of drug-likeness (QED) is 0.664. The van der Waals surface area contributed by atoms with Crippen LogP contribution >= 0.6 is 11.6 Å². The molecule has 0 aliphatic rings. The van der Waals surface area contributed by atoms with Crippen molar-refractivity contribution in [3.05, 3.63) is 0 Å². The summed E-state index contributed by atoms with van der Waals surface area (Å²) in [4.78, 5) is 10.8. The monoisotopic (exact) mass is 191 g/mol. The van der Waals surface area contributed by atoms with Crippen LogP contribution in [-0.4, -0.2) is 17.8 Å². The third-order valence-electron chi connectivity index (χ3n) is 1.71. The maximum atomic E-state index is 10.8. The predicted octanol–water partition coefficient (Wildman–Crippen LogP) is 2.17. The van der Waals surface area contributed by atoms with E-state index in [0.717, 1.165) is 12.8 Å². The normalized spacial score (nSPS) is 13.1. The first kappa shape index (κ1) is 11.8. The van der Waals surface area contributed by atoms with Gasteiger partial charge in [-0.25, -0.2) is 0 Å². The van der Waals surface area contributed by atoms with Crippen molar-refractivity contribution in [2.24, 2.45) is 5.92 Å². The van der Waals surface area contributed by atoms with Gasteiger partial charge in [0.15, 0.2) is 0 Å². The maximum absolute atomic E-state index is 10.8. The van der Waals surface area contributed by atoms with Crippen LogP contribution in [0.4, 0.5) is 0 Å². The molecule has 0 saturated heterocycles. The van der Waals surface area contributed by atoms with E-state index in [4.69, 9.17) is 11.6 Å². The van der Waals surface area contributed by atoms with Crippen LogP contribution in [0.2, 0.25) is 0 Å². The van der Waals surface area contributed by atoms with Crippen molar-refractivity contribution in [3.8, 4) is 0 Å².